The van der Waals surface area contributed by atoms with Crippen molar-refractivity contribution in [1.82, 2.24) is 19.7 Å². The van der Waals surface area contributed by atoms with Crippen molar-refractivity contribution in [3.8, 4) is 5.88 Å². The predicted molar refractivity (Wildman–Crippen MR) is 79.8 cm³/mol. The molecule has 0 N–H and O–H groups in total. The third kappa shape index (κ3) is 3.60. The first-order chi connectivity index (χ1) is 10.2. The van der Waals surface area contributed by atoms with Gasteiger partial charge in [0, 0.05) is 42.1 Å². The number of amides is 1. The second-order valence-electron chi connectivity index (χ2n) is 4.89. The lowest BCUT2D eigenvalue weighted by atomic mass is 10.3. The zero-order chi connectivity index (χ0) is 14.7. The Morgan fingerprint density at radius 1 is 1.48 bits per heavy atom. The Morgan fingerprint density at radius 3 is 3.10 bits per heavy atom. The van der Waals surface area contributed by atoms with Gasteiger partial charge in [0.05, 0.1) is 6.54 Å². The van der Waals surface area contributed by atoms with Crippen molar-refractivity contribution >= 4 is 21.8 Å². The second kappa shape index (κ2) is 6.26. The van der Waals surface area contributed by atoms with Crippen molar-refractivity contribution in [3.05, 3.63) is 41.3 Å². The van der Waals surface area contributed by atoms with Gasteiger partial charge in [-0.2, -0.15) is 5.10 Å². The first-order valence-corrected chi connectivity index (χ1v) is 7.53. The lowest BCUT2D eigenvalue weighted by Gasteiger charge is -2.17. The van der Waals surface area contributed by atoms with Crippen molar-refractivity contribution in [2.45, 2.75) is 19.1 Å². The Balaban J connectivity index is 1.53. The Kier molecular flexibility index (Phi) is 4.19. The highest BCUT2D eigenvalue weighted by Crippen LogP contribution is 2.18. The van der Waals surface area contributed by atoms with E-state index in [9.17, 15) is 4.79 Å². The molecule has 0 radical (unpaired) electrons. The fourth-order valence-corrected chi connectivity index (χ4v) is 2.52. The number of pyridine rings is 1. The first-order valence-electron chi connectivity index (χ1n) is 6.74. The van der Waals surface area contributed by atoms with E-state index < -0.39 is 0 Å². The molecule has 1 amide bonds. The number of hydrogen-bond donors (Lipinski definition) is 0. The molecule has 1 saturated heterocycles. The van der Waals surface area contributed by atoms with Gasteiger partial charge in [-0.1, -0.05) is 0 Å². The highest BCUT2D eigenvalue weighted by Gasteiger charge is 2.27. The molecule has 3 rings (SSSR count). The van der Waals surface area contributed by atoms with Crippen LogP contribution in [0.2, 0.25) is 0 Å². The number of hydrogen-bond acceptors (Lipinski definition) is 4. The summed E-state index contributed by atoms with van der Waals surface area (Å²) in [5.74, 6) is 0.651. The summed E-state index contributed by atoms with van der Waals surface area (Å²) in [6.45, 7) is 1.58. The van der Waals surface area contributed by atoms with Crippen LogP contribution in [0.5, 0.6) is 5.88 Å². The minimum Gasteiger partial charge on any atom is -0.472 e. The molecule has 0 unspecified atom stereocenters. The first kappa shape index (κ1) is 14.1. The van der Waals surface area contributed by atoms with Gasteiger partial charge in [0.15, 0.2) is 0 Å². The molecule has 1 atom stereocenters. The molecule has 2 aromatic rings. The Bertz CT molecular complexity index is 600. The zero-order valence-electron chi connectivity index (χ0n) is 11.4. The lowest BCUT2D eigenvalue weighted by Crippen LogP contribution is -2.33. The van der Waals surface area contributed by atoms with Crippen LogP contribution in [0.4, 0.5) is 0 Å². The lowest BCUT2D eigenvalue weighted by molar-refractivity contribution is -0.131. The molecule has 110 valence electrons. The standard InChI is InChI=1S/C14H15BrN4O2/c15-11-2-3-13(16-8-11)21-12-4-7-18(9-12)14(20)10-19-6-1-5-17-19/h1-3,5-6,8,12H,4,7,9-10H2/t12-/m0/s1. The van der Waals surface area contributed by atoms with E-state index in [1.165, 1.54) is 0 Å². The molecule has 0 aromatic carbocycles. The van der Waals surface area contributed by atoms with Gasteiger partial charge in [-0.15, -0.1) is 0 Å². The van der Waals surface area contributed by atoms with E-state index in [1.54, 1.807) is 23.3 Å². The number of halogens is 1. The molecule has 2 aromatic heterocycles. The second-order valence-corrected chi connectivity index (χ2v) is 5.80. The summed E-state index contributed by atoms with van der Waals surface area (Å²) in [6, 6.07) is 5.51. The fraction of sp³-hybridized carbons (Fsp3) is 0.357. The SMILES string of the molecule is O=C(Cn1cccn1)N1CC[C@H](Oc2ccc(Br)cn2)C1. The van der Waals surface area contributed by atoms with Gasteiger partial charge < -0.3 is 9.64 Å². The normalized spacial score (nSPS) is 18.0. The summed E-state index contributed by atoms with van der Waals surface area (Å²) >= 11 is 3.34. The maximum Gasteiger partial charge on any atom is 0.244 e. The number of nitrogens with zero attached hydrogens (tertiary/aromatic N) is 4. The van der Waals surface area contributed by atoms with E-state index >= 15 is 0 Å². The molecule has 0 spiro atoms. The van der Waals surface area contributed by atoms with Crippen LogP contribution >= 0.6 is 15.9 Å². The highest BCUT2D eigenvalue weighted by atomic mass is 79.9. The number of ether oxygens (including phenoxy) is 1. The molecule has 1 aliphatic heterocycles. The van der Waals surface area contributed by atoms with Crippen molar-refractivity contribution in [3.63, 3.8) is 0 Å². The highest BCUT2D eigenvalue weighted by molar-refractivity contribution is 9.10. The summed E-state index contributed by atoms with van der Waals surface area (Å²) in [7, 11) is 0. The van der Waals surface area contributed by atoms with Gasteiger partial charge >= 0.3 is 0 Å². The molecule has 1 fully saturated rings. The summed E-state index contributed by atoms with van der Waals surface area (Å²) in [4.78, 5) is 18.1. The van der Waals surface area contributed by atoms with Crippen molar-refractivity contribution < 1.29 is 9.53 Å². The molecule has 7 heteroatoms. The van der Waals surface area contributed by atoms with Gasteiger partial charge in [0.25, 0.3) is 0 Å². The zero-order valence-corrected chi connectivity index (χ0v) is 12.9. The number of carbonyl (C=O) groups is 1. The quantitative estimate of drug-likeness (QED) is 0.842. The van der Waals surface area contributed by atoms with Gasteiger partial charge in [-0.05, 0) is 28.1 Å². The molecule has 1 aliphatic rings. The van der Waals surface area contributed by atoms with Crippen LogP contribution in [-0.2, 0) is 11.3 Å². The van der Waals surface area contributed by atoms with Crippen LogP contribution in [0.3, 0.4) is 0 Å². The molecule has 3 heterocycles. The maximum absolute atomic E-state index is 12.1. The van der Waals surface area contributed by atoms with E-state index in [4.69, 9.17) is 4.74 Å². The number of likely N-dealkylation sites (tertiary alicyclic amines) is 1. The van der Waals surface area contributed by atoms with Gasteiger partial charge in [0.2, 0.25) is 11.8 Å². The number of carbonyl (C=O) groups excluding carboxylic acids is 1. The minimum absolute atomic E-state index is 0.000229. The van der Waals surface area contributed by atoms with Crippen LogP contribution in [0.25, 0.3) is 0 Å². The van der Waals surface area contributed by atoms with Crippen LogP contribution in [-0.4, -0.2) is 44.8 Å². The number of aromatic nitrogens is 3. The molecular formula is C14H15BrN4O2. The average Bonchev–Trinajstić information content (AvgIpc) is 3.13. The smallest absolute Gasteiger partial charge is 0.244 e. The molecule has 6 nitrogen and oxygen atoms in total. The van der Waals surface area contributed by atoms with Crippen molar-refractivity contribution in [2.24, 2.45) is 0 Å². The third-order valence-corrected chi connectivity index (χ3v) is 3.81. The van der Waals surface area contributed by atoms with E-state index in [1.807, 2.05) is 23.1 Å². The Morgan fingerprint density at radius 2 is 2.38 bits per heavy atom. The average molecular weight is 351 g/mol. The molecule has 0 bridgehead atoms. The van der Waals surface area contributed by atoms with Crippen molar-refractivity contribution in [2.75, 3.05) is 13.1 Å². The van der Waals surface area contributed by atoms with E-state index in [0.29, 0.717) is 19.0 Å². The molecule has 0 aliphatic carbocycles. The minimum atomic E-state index is 0.000229. The van der Waals surface area contributed by atoms with E-state index in [0.717, 1.165) is 10.9 Å². The van der Waals surface area contributed by atoms with E-state index in [2.05, 4.69) is 26.0 Å². The van der Waals surface area contributed by atoms with Crippen LogP contribution < -0.4 is 4.74 Å². The molecule has 0 saturated carbocycles. The molecule has 21 heavy (non-hydrogen) atoms. The molecular weight excluding hydrogens is 336 g/mol. The van der Waals surface area contributed by atoms with Crippen LogP contribution in [0.15, 0.2) is 41.3 Å². The summed E-state index contributed by atoms with van der Waals surface area (Å²) in [6.07, 6.45) is 5.98. The van der Waals surface area contributed by atoms with Gasteiger partial charge in [0.1, 0.15) is 12.6 Å². The topological polar surface area (TPSA) is 60.2 Å². The Hall–Kier alpha value is -1.89. The maximum atomic E-state index is 12.1. The van der Waals surface area contributed by atoms with Gasteiger partial charge in [-0.3, -0.25) is 9.48 Å². The predicted octanol–water partition coefficient (Wildman–Crippen LogP) is 1.72. The third-order valence-electron chi connectivity index (χ3n) is 3.34. The fourth-order valence-electron chi connectivity index (χ4n) is 2.29. The largest absolute Gasteiger partial charge is 0.472 e. The number of rotatable bonds is 4. The van der Waals surface area contributed by atoms with Gasteiger partial charge in [-0.25, -0.2) is 4.98 Å². The van der Waals surface area contributed by atoms with Crippen LogP contribution in [0.1, 0.15) is 6.42 Å². The van der Waals surface area contributed by atoms with E-state index in [-0.39, 0.29) is 18.6 Å². The Labute approximate surface area is 130 Å². The monoisotopic (exact) mass is 350 g/mol. The van der Waals surface area contributed by atoms with Crippen molar-refractivity contribution in [1.29, 1.82) is 0 Å². The summed E-state index contributed by atoms with van der Waals surface area (Å²) < 4.78 is 8.34. The van der Waals surface area contributed by atoms with Crippen LogP contribution in [0, 0.1) is 0 Å². The summed E-state index contributed by atoms with van der Waals surface area (Å²) in [5, 5.41) is 4.05. The summed E-state index contributed by atoms with van der Waals surface area (Å²) in [5.41, 5.74) is 0.